The molecule has 0 saturated heterocycles. The summed E-state index contributed by atoms with van der Waals surface area (Å²) in [6.07, 6.45) is 4.57. The van der Waals surface area contributed by atoms with Crippen LogP contribution in [0.3, 0.4) is 0 Å². The maximum absolute atomic E-state index is 13.0. The summed E-state index contributed by atoms with van der Waals surface area (Å²) in [5.74, 6) is -2.67. The molecule has 1 unspecified atom stereocenters. The van der Waals surface area contributed by atoms with Crippen LogP contribution in [0.1, 0.15) is 60.8 Å². The van der Waals surface area contributed by atoms with Crippen molar-refractivity contribution in [3.8, 4) is 0 Å². The SMILES string of the molecule is CCC(C)C(=O)C1=C(O)C(=O)C(CC=C(C)C)(CC=C(C)C)C1=O. The van der Waals surface area contributed by atoms with E-state index in [0.717, 1.165) is 11.1 Å². The van der Waals surface area contributed by atoms with Gasteiger partial charge < -0.3 is 5.11 Å². The first-order chi connectivity index (χ1) is 11.1. The van der Waals surface area contributed by atoms with E-state index in [1.807, 2.05) is 46.8 Å². The smallest absolute Gasteiger partial charge is 0.212 e. The van der Waals surface area contributed by atoms with Gasteiger partial charge in [-0.1, -0.05) is 37.1 Å². The molecule has 0 spiro atoms. The molecule has 1 rings (SSSR count). The van der Waals surface area contributed by atoms with Crippen molar-refractivity contribution in [1.82, 2.24) is 0 Å². The maximum atomic E-state index is 13.0. The number of carbonyl (C=O) groups excluding carboxylic acids is 3. The van der Waals surface area contributed by atoms with Crippen molar-refractivity contribution in [1.29, 1.82) is 0 Å². The Hall–Kier alpha value is -1.97. The lowest BCUT2D eigenvalue weighted by molar-refractivity contribution is -0.135. The highest BCUT2D eigenvalue weighted by Crippen LogP contribution is 2.43. The van der Waals surface area contributed by atoms with Crippen LogP contribution in [-0.2, 0) is 14.4 Å². The number of hydrogen-bond acceptors (Lipinski definition) is 4. The van der Waals surface area contributed by atoms with Crippen LogP contribution in [0.5, 0.6) is 0 Å². The number of ketones is 3. The summed E-state index contributed by atoms with van der Waals surface area (Å²) < 4.78 is 0. The van der Waals surface area contributed by atoms with E-state index in [2.05, 4.69) is 0 Å². The highest BCUT2D eigenvalue weighted by atomic mass is 16.3. The van der Waals surface area contributed by atoms with Crippen molar-refractivity contribution in [3.63, 3.8) is 0 Å². The third-order valence-corrected chi connectivity index (χ3v) is 4.57. The molecule has 0 aromatic rings. The van der Waals surface area contributed by atoms with Gasteiger partial charge in [-0.15, -0.1) is 0 Å². The molecule has 0 bridgehead atoms. The Bertz CT molecular complexity index is 619. The monoisotopic (exact) mass is 332 g/mol. The average Bonchev–Trinajstić information content (AvgIpc) is 2.70. The van der Waals surface area contributed by atoms with Gasteiger partial charge in [0.15, 0.2) is 17.3 Å². The van der Waals surface area contributed by atoms with Crippen LogP contribution in [0.2, 0.25) is 0 Å². The number of allylic oxidation sites excluding steroid dienone is 6. The molecule has 0 amide bonds. The molecule has 24 heavy (non-hydrogen) atoms. The first-order valence-electron chi connectivity index (χ1n) is 8.42. The van der Waals surface area contributed by atoms with Gasteiger partial charge in [0.1, 0.15) is 11.0 Å². The average molecular weight is 332 g/mol. The summed E-state index contributed by atoms with van der Waals surface area (Å²) in [6.45, 7) is 11.1. The Labute approximate surface area is 144 Å². The minimum Gasteiger partial charge on any atom is -0.504 e. The quantitative estimate of drug-likeness (QED) is 0.429. The fourth-order valence-electron chi connectivity index (χ4n) is 2.66. The Kier molecular flexibility index (Phi) is 6.47. The predicted octanol–water partition coefficient (Wildman–Crippen LogP) is 4.26. The maximum Gasteiger partial charge on any atom is 0.212 e. The van der Waals surface area contributed by atoms with Crippen molar-refractivity contribution in [3.05, 3.63) is 34.6 Å². The van der Waals surface area contributed by atoms with Gasteiger partial charge in [-0.2, -0.15) is 0 Å². The zero-order valence-corrected chi connectivity index (χ0v) is 15.5. The summed E-state index contributed by atoms with van der Waals surface area (Å²) in [5, 5.41) is 10.3. The molecule has 0 saturated carbocycles. The largest absolute Gasteiger partial charge is 0.504 e. The van der Waals surface area contributed by atoms with Gasteiger partial charge in [-0.3, -0.25) is 14.4 Å². The number of rotatable bonds is 7. The van der Waals surface area contributed by atoms with Crippen molar-refractivity contribution in [2.24, 2.45) is 11.3 Å². The van der Waals surface area contributed by atoms with Gasteiger partial charge in [-0.05, 0) is 47.0 Å². The summed E-state index contributed by atoms with van der Waals surface area (Å²) in [6, 6.07) is 0. The van der Waals surface area contributed by atoms with Crippen molar-refractivity contribution in [2.45, 2.75) is 60.8 Å². The van der Waals surface area contributed by atoms with E-state index in [0.29, 0.717) is 6.42 Å². The van der Waals surface area contributed by atoms with E-state index < -0.39 is 34.4 Å². The lowest BCUT2D eigenvalue weighted by atomic mass is 9.74. The molecule has 1 N–H and O–H groups in total. The summed E-state index contributed by atoms with van der Waals surface area (Å²) >= 11 is 0. The first-order valence-corrected chi connectivity index (χ1v) is 8.42. The fourth-order valence-corrected chi connectivity index (χ4v) is 2.66. The Morgan fingerprint density at radius 3 is 1.88 bits per heavy atom. The molecule has 1 atom stereocenters. The second-order valence-electron chi connectivity index (χ2n) is 7.11. The van der Waals surface area contributed by atoms with Crippen LogP contribution in [0, 0.1) is 11.3 Å². The topological polar surface area (TPSA) is 71.4 Å². The molecule has 4 nitrogen and oxygen atoms in total. The fraction of sp³-hybridized carbons (Fsp3) is 0.550. The molecule has 1 aliphatic carbocycles. The first kappa shape index (κ1) is 20.1. The van der Waals surface area contributed by atoms with Gasteiger partial charge >= 0.3 is 0 Å². The number of aliphatic hydroxyl groups excluding tert-OH is 1. The lowest BCUT2D eigenvalue weighted by Crippen LogP contribution is -2.35. The highest BCUT2D eigenvalue weighted by molar-refractivity contribution is 6.37. The molecular weight excluding hydrogens is 304 g/mol. The Morgan fingerprint density at radius 2 is 1.50 bits per heavy atom. The molecule has 0 radical (unpaired) electrons. The number of hydrogen-bond donors (Lipinski definition) is 1. The van der Waals surface area contributed by atoms with Gasteiger partial charge in [0, 0.05) is 5.92 Å². The number of carbonyl (C=O) groups is 3. The minimum absolute atomic E-state index is 0.193. The molecule has 132 valence electrons. The van der Waals surface area contributed by atoms with Crippen LogP contribution in [0.4, 0.5) is 0 Å². The van der Waals surface area contributed by atoms with Crippen LogP contribution in [0.25, 0.3) is 0 Å². The molecular formula is C20H28O4. The van der Waals surface area contributed by atoms with Crippen LogP contribution >= 0.6 is 0 Å². The van der Waals surface area contributed by atoms with Gasteiger partial charge in [0.25, 0.3) is 0 Å². The van der Waals surface area contributed by atoms with E-state index in [-0.39, 0.29) is 18.4 Å². The summed E-state index contributed by atoms with van der Waals surface area (Å²) in [7, 11) is 0. The third-order valence-electron chi connectivity index (χ3n) is 4.57. The zero-order chi connectivity index (χ0) is 18.7. The normalized spacial score (nSPS) is 17.8. The van der Waals surface area contributed by atoms with E-state index in [1.54, 1.807) is 6.92 Å². The van der Waals surface area contributed by atoms with Gasteiger partial charge in [-0.25, -0.2) is 0 Å². The van der Waals surface area contributed by atoms with Crippen molar-refractivity contribution >= 4 is 17.3 Å². The van der Waals surface area contributed by atoms with E-state index >= 15 is 0 Å². The van der Waals surface area contributed by atoms with E-state index in [4.69, 9.17) is 0 Å². The van der Waals surface area contributed by atoms with Crippen molar-refractivity contribution in [2.75, 3.05) is 0 Å². The van der Waals surface area contributed by atoms with Gasteiger partial charge in [0.2, 0.25) is 5.78 Å². The van der Waals surface area contributed by atoms with Crippen LogP contribution in [0.15, 0.2) is 34.6 Å². The summed E-state index contributed by atoms with van der Waals surface area (Å²) in [5.41, 5.74) is 0.261. The molecule has 0 fully saturated rings. The van der Waals surface area contributed by atoms with E-state index in [1.165, 1.54) is 0 Å². The van der Waals surface area contributed by atoms with Crippen molar-refractivity contribution < 1.29 is 19.5 Å². The molecule has 0 aromatic carbocycles. The predicted molar refractivity (Wildman–Crippen MR) is 94.7 cm³/mol. The lowest BCUT2D eigenvalue weighted by Gasteiger charge is -2.24. The molecule has 0 aliphatic heterocycles. The second kappa shape index (κ2) is 7.73. The number of Topliss-reactive ketones (excluding diaryl/α,β-unsaturated/α-hetero) is 3. The second-order valence-corrected chi connectivity index (χ2v) is 7.11. The highest BCUT2D eigenvalue weighted by Gasteiger charge is 2.55. The zero-order valence-electron chi connectivity index (χ0n) is 15.5. The van der Waals surface area contributed by atoms with E-state index in [9.17, 15) is 19.5 Å². The Morgan fingerprint density at radius 1 is 1.04 bits per heavy atom. The van der Waals surface area contributed by atoms with Crippen LogP contribution in [-0.4, -0.2) is 22.5 Å². The van der Waals surface area contributed by atoms with Crippen LogP contribution < -0.4 is 0 Å². The summed E-state index contributed by atoms with van der Waals surface area (Å²) in [4.78, 5) is 38.3. The standard InChI is InChI=1S/C20H28O4/c1-7-14(6)16(21)15-17(22)19(24)20(18(15)23,10-8-12(2)3)11-9-13(4)5/h8-9,14,22H,7,10-11H2,1-6H3. The molecule has 1 aliphatic rings. The van der Waals surface area contributed by atoms with Gasteiger partial charge in [0.05, 0.1) is 0 Å². The molecule has 0 heterocycles. The Balaban J connectivity index is 3.40. The minimum atomic E-state index is -1.39. The molecule has 0 aromatic heterocycles. The molecule has 4 heteroatoms. The number of aliphatic hydroxyl groups is 1. The third kappa shape index (κ3) is 3.74.